The molecule has 0 rings (SSSR count). The van der Waals surface area contributed by atoms with E-state index in [1.807, 2.05) is 0 Å². The maximum Gasteiger partial charge on any atom is 0.508 e. The molecular formula is C14H30O2P+. The molecule has 0 aromatic carbocycles. The lowest BCUT2D eigenvalue weighted by Crippen LogP contribution is -1.90. The minimum Gasteiger partial charge on any atom is -0.146 e. The highest BCUT2D eigenvalue weighted by Gasteiger charge is 2.15. The smallest absolute Gasteiger partial charge is 0.146 e. The molecule has 0 aliphatic heterocycles. The Morgan fingerprint density at radius 2 is 1.29 bits per heavy atom. The van der Waals surface area contributed by atoms with Crippen LogP contribution >= 0.6 is 8.03 Å². The van der Waals surface area contributed by atoms with Crippen molar-refractivity contribution in [1.82, 2.24) is 0 Å². The van der Waals surface area contributed by atoms with Gasteiger partial charge in [0, 0.05) is 0 Å². The quantitative estimate of drug-likeness (QED) is 0.314. The molecule has 17 heavy (non-hydrogen) atoms. The van der Waals surface area contributed by atoms with E-state index >= 15 is 0 Å². The van der Waals surface area contributed by atoms with Crippen molar-refractivity contribution in [3.63, 3.8) is 0 Å². The van der Waals surface area contributed by atoms with Crippen molar-refractivity contribution >= 4 is 8.03 Å². The van der Waals surface area contributed by atoms with Crippen LogP contribution < -0.4 is 0 Å². The van der Waals surface area contributed by atoms with Crippen molar-refractivity contribution in [2.24, 2.45) is 0 Å². The Bertz CT molecular complexity index is 172. The van der Waals surface area contributed by atoms with Crippen LogP contribution in [0, 0.1) is 0 Å². The summed E-state index contributed by atoms with van der Waals surface area (Å²) in [5.41, 5.74) is 0. The van der Waals surface area contributed by atoms with Crippen molar-refractivity contribution in [2.45, 2.75) is 78.1 Å². The molecule has 0 aromatic rings. The summed E-state index contributed by atoms with van der Waals surface area (Å²) in [5, 5.41) is 0. The zero-order valence-electron chi connectivity index (χ0n) is 11.7. The summed E-state index contributed by atoms with van der Waals surface area (Å²) in [6.45, 7) is 5.11. The van der Waals surface area contributed by atoms with Gasteiger partial charge in [-0.1, -0.05) is 58.8 Å². The molecule has 0 saturated carbocycles. The molecule has 1 unspecified atom stereocenters. The third-order valence-electron chi connectivity index (χ3n) is 2.93. The first-order valence-corrected chi connectivity index (χ1v) is 8.75. The molecule has 3 heteroatoms. The summed E-state index contributed by atoms with van der Waals surface area (Å²) in [6, 6.07) is 0. The minimum absolute atomic E-state index is 0.688. The lowest BCUT2D eigenvalue weighted by atomic mass is 10.2. The summed E-state index contributed by atoms with van der Waals surface area (Å²) in [4.78, 5) is 0. The number of hydrogen-bond donors (Lipinski definition) is 0. The summed E-state index contributed by atoms with van der Waals surface area (Å²) in [6.07, 6.45) is 13.0. The zero-order chi connectivity index (χ0) is 12.8. The van der Waals surface area contributed by atoms with Gasteiger partial charge in [0.15, 0.2) is 6.16 Å². The van der Waals surface area contributed by atoms with Gasteiger partial charge in [-0.2, -0.15) is 0 Å². The molecule has 0 heterocycles. The van der Waals surface area contributed by atoms with Gasteiger partial charge in [0.2, 0.25) is 0 Å². The minimum atomic E-state index is -1.38. The number of rotatable bonds is 13. The Morgan fingerprint density at radius 3 is 1.88 bits per heavy atom. The van der Waals surface area contributed by atoms with E-state index in [4.69, 9.17) is 4.52 Å². The van der Waals surface area contributed by atoms with E-state index < -0.39 is 8.03 Å². The molecule has 0 saturated heterocycles. The van der Waals surface area contributed by atoms with Crippen molar-refractivity contribution in [1.29, 1.82) is 0 Å². The van der Waals surface area contributed by atoms with E-state index in [-0.39, 0.29) is 0 Å². The molecule has 0 fully saturated rings. The van der Waals surface area contributed by atoms with Crippen LogP contribution in [0.4, 0.5) is 0 Å². The molecule has 0 aliphatic carbocycles. The SMILES string of the molecule is CCCCCCCO[P+](=O)CCCCCCC. The van der Waals surface area contributed by atoms with Crippen LogP contribution in [0.15, 0.2) is 0 Å². The fourth-order valence-electron chi connectivity index (χ4n) is 1.78. The van der Waals surface area contributed by atoms with Crippen LogP contribution in [0.1, 0.15) is 78.1 Å². The molecule has 0 spiro atoms. The highest BCUT2D eigenvalue weighted by Crippen LogP contribution is 2.24. The van der Waals surface area contributed by atoms with E-state index in [9.17, 15) is 4.57 Å². The van der Waals surface area contributed by atoms with Gasteiger partial charge in [0.05, 0.1) is 0 Å². The molecule has 0 aromatic heterocycles. The Labute approximate surface area is 108 Å². The van der Waals surface area contributed by atoms with Crippen LogP contribution in [0.2, 0.25) is 0 Å². The van der Waals surface area contributed by atoms with Gasteiger partial charge in [-0.3, -0.25) is 0 Å². The molecule has 2 nitrogen and oxygen atoms in total. The number of unbranched alkanes of at least 4 members (excludes halogenated alkanes) is 8. The van der Waals surface area contributed by atoms with Gasteiger partial charge >= 0.3 is 8.03 Å². The first kappa shape index (κ1) is 17.1. The largest absolute Gasteiger partial charge is 0.508 e. The van der Waals surface area contributed by atoms with E-state index in [0.29, 0.717) is 6.61 Å². The second-order valence-electron chi connectivity index (χ2n) is 4.72. The Kier molecular flexibility index (Phi) is 14.2. The monoisotopic (exact) mass is 261 g/mol. The van der Waals surface area contributed by atoms with Gasteiger partial charge in [0.1, 0.15) is 6.61 Å². The van der Waals surface area contributed by atoms with E-state index in [0.717, 1.165) is 19.0 Å². The van der Waals surface area contributed by atoms with Crippen LogP contribution in [0.3, 0.4) is 0 Å². The zero-order valence-corrected chi connectivity index (χ0v) is 12.6. The van der Waals surface area contributed by atoms with E-state index in [1.54, 1.807) is 0 Å². The second-order valence-corrected chi connectivity index (χ2v) is 6.09. The first-order chi connectivity index (χ1) is 8.31. The Morgan fingerprint density at radius 1 is 0.765 bits per heavy atom. The summed E-state index contributed by atoms with van der Waals surface area (Å²) >= 11 is 0. The average molecular weight is 261 g/mol. The Hall–Kier alpha value is 0.0600. The maximum atomic E-state index is 11.5. The van der Waals surface area contributed by atoms with Crippen LogP contribution in [-0.4, -0.2) is 12.8 Å². The van der Waals surface area contributed by atoms with E-state index in [1.165, 1.54) is 51.4 Å². The fourth-order valence-corrected chi connectivity index (χ4v) is 2.72. The fraction of sp³-hybridized carbons (Fsp3) is 1.00. The third kappa shape index (κ3) is 14.0. The first-order valence-electron chi connectivity index (χ1n) is 7.38. The van der Waals surface area contributed by atoms with Gasteiger partial charge in [-0.05, 0) is 23.8 Å². The summed E-state index contributed by atoms with van der Waals surface area (Å²) in [5.74, 6) is 0. The molecule has 0 N–H and O–H groups in total. The highest BCUT2D eigenvalue weighted by atomic mass is 31.1. The second kappa shape index (κ2) is 14.1. The molecule has 0 aliphatic rings. The van der Waals surface area contributed by atoms with Crippen molar-refractivity contribution in [2.75, 3.05) is 12.8 Å². The van der Waals surface area contributed by atoms with Gasteiger partial charge in [-0.15, -0.1) is 4.52 Å². The normalized spacial score (nSPS) is 11.8. The van der Waals surface area contributed by atoms with Crippen LogP contribution in [-0.2, 0) is 9.09 Å². The molecule has 0 amide bonds. The van der Waals surface area contributed by atoms with E-state index in [2.05, 4.69) is 13.8 Å². The third-order valence-corrected chi connectivity index (χ3v) is 4.08. The number of hydrogen-bond acceptors (Lipinski definition) is 2. The Balaban J connectivity index is 3.12. The topological polar surface area (TPSA) is 26.3 Å². The molecular weight excluding hydrogens is 231 g/mol. The lowest BCUT2D eigenvalue weighted by Gasteiger charge is -1.96. The predicted octanol–water partition coefficient (Wildman–Crippen LogP) is 5.69. The van der Waals surface area contributed by atoms with Crippen molar-refractivity contribution in [3.8, 4) is 0 Å². The van der Waals surface area contributed by atoms with Gasteiger partial charge in [-0.25, -0.2) is 0 Å². The van der Waals surface area contributed by atoms with Gasteiger partial charge in [0.25, 0.3) is 0 Å². The molecule has 102 valence electrons. The summed E-state index contributed by atoms with van der Waals surface area (Å²) < 4.78 is 16.8. The van der Waals surface area contributed by atoms with Gasteiger partial charge < -0.3 is 0 Å². The molecule has 0 radical (unpaired) electrons. The predicted molar refractivity (Wildman–Crippen MR) is 75.9 cm³/mol. The summed E-state index contributed by atoms with van der Waals surface area (Å²) in [7, 11) is -1.38. The van der Waals surface area contributed by atoms with Crippen molar-refractivity contribution in [3.05, 3.63) is 0 Å². The standard InChI is InChI=1S/C14H30O2P/c1-3-5-7-9-11-13-16-17(15)14-12-10-8-6-4-2/h3-14H2,1-2H3/q+1. The molecule has 1 atom stereocenters. The van der Waals surface area contributed by atoms with Crippen molar-refractivity contribution < 1.29 is 9.09 Å². The lowest BCUT2D eigenvalue weighted by molar-refractivity contribution is 0.315. The molecule has 0 bridgehead atoms. The highest BCUT2D eigenvalue weighted by molar-refractivity contribution is 7.39. The van der Waals surface area contributed by atoms with Crippen LogP contribution in [0.5, 0.6) is 0 Å². The average Bonchev–Trinajstić information content (AvgIpc) is 2.33. The van der Waals surface area contributed by atoms with Crippen LogP contribution in [0.25, 0.3) is 0 Å². The maximum absolute atomic E-state index is 11.5.